The van der Waals surface area contributed by atoms with E-state index in [9.17, 15) is 13.2 Å². The highest BCUT2D eigenvalue weighted by Crippen LogP contribution is 2.35. The average molecular weight is 300 g/mol. The van der Waals surface area contributed by atoms with Crippen molar-refractivity contribution in [3.63, 3.8) is 0 Å². The largest absolute Gasteiger partial charge is 0.418 e. The second-order valence-electron chi connectivity index (χ2n) is 5.95. The normalized spacial score (nSPS) is 21.3. The molecule has 0 saturated carbocycles. The summed E-state index contributed by atoms with van der Waals surface area (Å²) in [6.45, 7) is 6.28. The molecular weight excluding hydrogens is 277 g/mol. The molecule has 1 atom stereocenters. The van der Waals surface area contributed by atoms with Crippen LogP contribution < -0.4 is 5.32 Å². The van der Waals surface area contributed by atoms with Crippen LogP contribution in [0.25, 0.3) is 0 Å². The SMILES string of the molecule is CC(C)N1CCCC(Nc2ccccc2C(F)(F)F)CC1. The summed E-state index contributed by atoms with van der Waals surface area (Å²) in [6, 6.07) is 6.34. The van der Waals surface area contributed by atoms with Gasteiger partial charge in [-0.1, -0.05) is 12.1 Å². The van der Waals surface area contributed by atoms with E-state index >= 15 is 0 Å². The molecule has 1 aromatic rings. The van der Waals surface area contributed by atoms with Gasteiger partial charge in [0.25, 0.3) is 0 Å². The molecule has 1 heterocycles. The average Bonchev–Trinajstić information content (AvgIpc) is 2.64. The van der Waals surface area contributed by atoms with E-state index < -0.39 is 11.7 Å². The molecule has 0 radical (unpaired) electrons. The van der Waals surface area contributed by atoms with Crippen LogP contribution in [0.4, 0.5) is 18.9 Å². The number of likely N-dealkylation sites (tertiary alicyclic amines) is 1. The molecule has 0 bridgehead atoms. The smallest absolute Gasteiger partial charge is 0.382 e. The van der Waals surface area contributed by atoms with E-state index in [1.807, 2.05) is 0 Å². The summed E-state index contributed by atoms with van der Waals surface area (Å²) in [7, 11) is 0. The number of para-hydroxylation sites is 1. The topological polar surface area (TPSA) is 15.3 Å². The number of halogens is 3. The van der Waals surface area contributed by atoms with E-state index in [0.29, 0.717) is 6.04 Å². The summed E-state index contributed by atoms with van der Waals surface area (Å²) in [5, 5.41) is 3.11. The Hall–Kier alpha value is -1.23. The fourth-order valence-corrected chi connectivity index (χ4v) is 2.86. The fourth-order valence-electron chi connectivity index (χ4n) is 2.86. The second-order valence-corrected chi connectivity index (χ2v) is 5.95. The second kappa shape index (κ2) is 6.69. The standard InChI is InChI=1S/C16H23F3N2/c1-12(2)21-10-5-6-13(9-11-21)20-15-8-4-3-7-14(15)16(17,18)19/h3-4,7-8,12-13,20H,5-6,9-11H2,1-2H3. The third-order valence-corrected chi connectivity index (χ3v) is 4.09. The van der Waals surface area contributed by atoms with Crippen molar-refractivity contribution in [2.24, 2.45) is 0 Å². The van der Waals surface area contributed by atoms with Crippen LogP contribution in [-0.4, -0.2) is 30.1 Å². The van der Waals surface area contributed by atoms with Gasteiger partial charge < -0.3 is 10.2 Å². The van der Waals surface area contributed by atoms with Crippen LogP contribution in [-0.2, 0) is 6.18 Å². The molecule has 1 N–H and O–H groups in total. The Bertz CT molecular complexity index is 457. The number of alkyl halides is 3. The summed E-state index contributed by atoms with van der Waals surface area (Å²) < 4.78 is 39.0. The Morgan fingerprint density at radius 2 is 1.86 bits per heavy atom. The highest BCUT2D eigenvalue weighted by Gasteiger charge is 2.33. The van der Waals surface area contributed by atoms with Crippen LogP contribution in [0.3, 0.4) is 0 Å². The number of benzene rings is 1. The van der Waals surface area contributed by atoms with E-state index in [4.69, 9.17) is 0 Å². The highest BCUT2D eigenvalue weighted by atomic mass is 19.4. The fraction of sp³-hybridized carbons (Fsp3) is 0.625. The van der Waals surface area contributed by atoms with Crippen molar-refractivity contribution in [2.45, 2.75) is 51.4 Å². The Kier molecular flexibility index (Phi) is 5.14. The van der Waals surface area contributed by atoms with Crippen molar-refractivity contribution < 1.29 is 13.2 Å². The molecule has 0 spiro atoms. The number of hydrogen-bond acceptors (Lipinski definition) is 2. The van der Waals surface area contributed by atoms with Gasteiger partial charge in [-0.2, -0.15) is 13.2 Å². The monoisotopic (exact) mass is 300 g/mol. The van der Waals surface area contributed by atoms with Crippen LogP contribution >= 0.6 is 0 Å². The quantitative estimate of drug-likeness (QED) is 0.891. The van der Waals surface area contributed by atoms with Gasteiger partial charge in [-0.25, -0.2) is 0 Å². The molecule has 1 aliphatic heterocycles. The molecular formula is C16H23F3N2. The maximum Gasteiger partial charge on any atom is 0.418 e. The van der Waals surface area contributed by atoms with E-state index in [1.165, 1.54) is 12.1 Å². The van der Waals surface area contributed by atoms with Crippen LogP contribution in [0.2, 0.25) is 0 Å². The Balaban J connectivity index is 2.05. The summed E-state index contributed by atoms with van der Waals surface area (Å²) in [5.74, 6) is 0. The maximum atomic E-state index is 13.0. The molecule has 0 amide bonds. The maximum absolute atomic E-state index is 13.0. The molecule has 1 aliphatic rings. The minimum absolute atomic E-state index is 0.109. The Labute approximate surface area is 124 Å². The van der Waals surface area contributed by atoms with Gasteiger partial charge in [0.2, 0.25) is 0 Å². The van der Waals surface area contributed by atoms with Crippen LogP contribution in [0, 0.1) is 0 Å². The van der Waals surface area contributed by atoms with Gasteiger partial charge in [-0.15, -0.1) is 0 Å². The predicted octanol–water partition coefficient (Wildman–Crippen LogP) is 4.38. The van der Waals surface area contributed by atoms with E-state index in [-0.39, 0.29) is 11.7 Å². The zero-order chi connectivity index (χ0) is 15.5. The number of rotatable bonds is 3. The molecule has 1 unspecified atom stereocenters. The van der Waals surface area contributed by atoms with Crippen LogP contribution in [0.1, 0.15) is 38.7 Å². The lowest BCUT2D eigenvalue weighted by molar-refractivity contribution is -0.137. The number of anilines is 1. The van der Waals surface area contributed by atoms with Crippen molar-refractivity contribution in [3.8, 4) is 0 Å². The van der Waals surface area contributed by atoms with Crippen molar-refractivity contribution in [1.82, 2.24) is 4.90 Å². The summed E-state index contributed by atoms with van der Waals surface area (Å²) >= 11 is 0. The lowest BCUT2D eigenvalue weighted by Gasteiger charge is -2.25. The first kappa shape index (κ1) is 16.1. The van der Waals surface area contributed by atoms with Gasteiger partial charge in [0, 0.05) is 24.3 Å². The first-order valence-electron chi connectivity index (χ1n) is 7.54. The van der Waals surface area contributed by atoms with E-state index in [2.05, 4.69) is 24.1 Å². The lowest BCUT2D eigenvalue weighted by Crippen LogP contribution is -2.32. The Morgan fingerprint density at radius 1 is 1.14 bits per heavy atom. The minimum atomic E-state index is -4.31. The van der Waals surface area contributed by atoms with Gasteiger partial charge in [-0.3, -0.25) is 0 Å². The van der Waals surface area contributed by atoms with E-state index in [1.54, 1.807) is 6.07 Å². The van der Waals surface area contributed by atoms with Gasteiger partial charge in [0.1, 0.15) is 0 Å². The third kappa shape index (κ3) is 4.37. The van der Waals surface area contributed by atoms with Gasteiger partial charge in [0.15, 0.2) is 0 Å². The molecule has 2 rings (SSSR count). The zero-order valence-electron chi connectivity index (χ0n) is 12.6. The molecule has 0 aromatic heterocycles. The summed E-state index contributed by atoms with van der Waals surface area (Å²) in [4.78, 5) is 2.39. The van der Waals surface area contributed by atoms with Crippen LogP contribution in [0.15, 0.2) is 24.3 Å². The number of nitrogens with one attached hydrogen (secondary N) is 1. The first-order chi connectivity index (χ1) is 9.88. The van der Waals surface area contributed by atoms with Crippen molar-refractivity contribution in [3.05, 3.63) is 29.8 Å². The Morgan fingerprint density at radius 3 is 2.52 bits per heavy atom. The zero-order valence-corrected chi connectivity index (χ0v) is 12.6. The molecule has 2 nitrogen and oxygen atoms in total. The van der Waals surface area contributed by atoms with Gasteiger partial charge >= 0.3 is 6.18 Å². The molecule has 21 heavy (non-hydrogen) atoms. The summed E-state index contributed by atoms with van der Waals surface area (Å²) in [6.07, 6.45) is -1.50. The molecule has 0 aliphatic carbocycles. The minimum Gasteiger partial charge on any atom is -0.382 e. The van der Waals surface area contributed by atoms with Crippen LogP contribution in [0.5, 0.6) is 0 Å². The number of nitrogens with zero attached hydrogens (tertiary/aromatic N) is 1. The molecule has 1 fully saturated rings. The highest BCUT2D eigenvalue weighted by molar-refractivity contribution is 5.53. The molecule has 1 saturated heterocycles. The van der Waals surface area contributed by atoms with Crippen molar-refractivity contribution in [1.29, 1.82) is 0 Å². The van der Waals surface area contributed by atoms with Gasteiger partial charge in [0.05, 0.1) is 5.56 Å². The lowest BCUT2D eigenvalue weighted by atomic mass is 10.1. The number of hydrogen-bond donors (Lipinski definition) is 1. The summed E-state index contributed by atoms with van der Waals surface area (Å²) in [5.41, 5.74) is -0.372. The molecule has 118 valence electrons. The molecule has 5 heteroatoms. The first-order valence-corrected chi connectivity index (χ1v) is 7.54. The predicted molar refractivity (Wildman–Crippen MR) is 79.4 cm³/mol. The van der Waals surface area contributed by atoms with Gasteiger partial charge in [-0.05, 0) is 51.8 Å². The van der Waals surface area contributed by atoms with E-state index in [0.717, 1.165) is 38.4 Å². The van der Waals surface area contributed by atoms with Crippen molar-refractivity contribution >= 4 is 5.69 Å². The molecule has 1 aromatic carbocycles. The third-order valence-electron chi connectivity index (χ3n) is 4.09. The van der Waals surface area contributed by atoms with Crippen molar-refractivity contribution in [2.75, 3.05) is 18.4 Å².